The zero-order valence-corrected chi connectivity index (χ0v) is 16.2. The second-order valence-corrected chi connectivity index (χ2v) is 6.73. The fourth-order valence-electron chi connectivity index (χ4n) is 2.34. The van der Waals surface area contributed by atoms with Crippen molar-refractivity contribution in [1.82, 2.24) is 0 Å². The molecule has 2 aromatic carbocycles. The number of carbonyl (C=O) groups excluding carboxylic acids is 1. The van der Waals surface area contributed by atoms with Gasteiger partial charge < -0.3 is 14.8 Å². The van der Waals surface area contributed by atoms with Crippen LogP contribution in [0.4, 0.5) is 11.4 Å². The predicted molar refractivity (Wildman–Crippen MR) is 102 cm³/mol. The van der Waals surface area contributed by atoms with E-state index in [1.54, 1.807) is 6.07 Å². The number of halogens is 1. The molecule has 0 aliphatic rings. The minimum absolute atomic E-state index is 0.142. The quantitative estimate of drug-likeness (QED) is 0.523. The van der Waals surface area contributed by atoms with E-state index >= 15 is 0 Å². The van der Waals surface area contributed by atoms with Crippen LogP contribution in [0.1, 0.15) is 25.3 Å². The van der Waals surface area contributed by atoms with Gasteiger partial charge in [0.05, 0.1) is 17.7 Å². The minimum atomic E-state index is -0.539. The maximum atomic E-state index is 12.2. The smallest absolute Gasteiger partial charge is 0.271 e. The van der Waals surface area contributed by atoms with Gasteiger partial charge >= 0.3 is 0 Å². The third-order valence-corrected chi connectivity index (χ3v) is 4.11. The molecule has 0 unspecified atom stereocenters. The molecule has 0 saturated carbocycles. The molecule has 138 valence electrons. The van der Waals surface area contributed by atoms with Crippen LogP contribution in [0.5, 0.6) is 11.5 Å². The molecule has 0 atom stereocenters. The Labute approximate surface area is 159 Å². The lowest BCUT2D eigenvalue weighted by atomic mass is 10.0. The van der Waals surface area contributed by atoms with Gasteiger partial charge in [0.15, 0.2) is 6.61 Å². The van der Waals surface area contributed by atoms with Crippen molar-refractivity contribution in [2.24, 2.45) is 0 Å². The Balaban J connectivity index is 2.10. The minimum Gasteiger partial charge on any atom is -0.495 e. The van der Waals surface area contributed by atoms with Gasteiger partial charge in [0.1, 0.15) is 11.5 Å². The number of nitro benzene ring substituents is 1. The molecule has 7 nitrogen and oxygen atoms in total. The molecule has 0 radical (unpaired) electrons. The summed E-state index contributed by atoms with van der Waals surface area (Å²) in [5.41, 5.74) is 1.05. The number of anilines is 1. The van der Waals surface area contributed by atoms with Crippen LogP contribution in [0.2, 0.25) is 0 Å². The lowest BCUT2D eigenvalue weighted by Gasteiger charge is -2.15. The van der Waals surface area contributed by atoms with E-state index in [0.29, 0.717) is 11.5 Å². The maximum absolute atomic E-state index is 12.2. The molecule has 0 aliphatic heterocycles. The molecule has 0 aromatic heterocycles. The number of carbonyl (C=O) groups is 1. The molecule has 0 spiro atoms. The summed E-state index contributed by atoms with van der Waals surface area (Å²) < 4.78 is 11.7. The van der Waals surface area contributed by atoms with Crippen LogP contribution in [-0.4, -0.2) is 24.5 Å². The first-order chi connectivity index (χ1) is 12.3. The van der Waals surface area contributed by atoms with E-state index in [1.807, 2.05) is 26.0 Å². The molecule has 0 bridgehead atoms. The number of nitrogens with zero attached hydrogens (tertiary/aromatic N) is 1. The summed E-state index contributed by atoms with van der Waals surface area (Å²) in [5.74, 6) is 0.726. The number of rotatable bonds is 7. The lowest BCUT2D eigenvalue weighted by molar-refractivity contribution is -0.384. The standard InChI is InChI=1S/C18H19BrN2O5/c1-11(2)14-8-12(19)4-6-16(14)26-10-18(22)20-15-9-13(21(23)24)5-7-17(15)25-3/h4-9,11H,10H2,1-3H3,(H,20,22). The van der Waals surface area contributed by atoms with Gasteiger partial charge in [-0.2, -0.15) is 0 Å². The third-order valence-electron chi connectivity index (χ3n) is 3.62. The van der Waals surface area contributed by atoms with Crippen LogP contribution in [0, 0.1) is 10.1 Å². The summed E-state index contributed by atoms with van der Waals surface area (Å²) in [6.45, 7) is 3.83. The van der Waals surface area contributed by atoms with Gasteiger partial charge in [-0.3, -0.25) is 14.9 Å². The fourth-order valence-corrected chi connectivity index (χ4v) is 2.72. The van der Waals surface area contributed by atoms with Gasteiger partial charge in [0.25, 0.3) is 11.6 Å². The van der Waals surface area contributed by atoms with Crippen molar-refractivity contribution in [2.75, 3.05) is 19.0 Å². The van der Waals surface area contributed by atoms with E-state index in [4.69, 9.17) is 9.47 Å². The number of ether oxygens (including phenoxy) is 2. The summed E-state index contributed by atoms with van der Waals surface area (Å²) in [6.07, 6.45) is 0. The van der Waals surface area contributed by atoms with Crippen LogP contribution >= 0.6 is 15.9 Å². The molecule has 0 saturated heterocycles. The highest BCUT2D eigenvalue weighted by atomic mass is 79.9. The normalized spacial score (nSPS) is 10.5. The van der Waals surface area contributed by atoms with Crippen molar-refractivity contribution >= 4 is 33.2 Å². The Morgan fingerprint density at radius 2 is 1.92 bits per heavy atom. The molecule has 1 N–H and O–H groups in total. The molecule has 2 aromatic rings. The summed E-state index contributed by atoms with van der Waals surface area (Å²) in [6, 6.07) is 9.56. The summed E-state index contributed by atoms with van der Waals surface area (Å²) in [5, 5.41) is 13.5. The second kappa shape index (κ2) is 8.66. The molecule has 0 fully saturated rings. The van der Waals surface area contributed by atoms with Crippen LogP contribution in [0.15, 0.2) is 40.9 Å². The third kappa shape index (κ3) is 4.95. The first-order valence-corrected chi connectivity index (χ1v) is 8.65. The van der Waals surface area contributed by atoms with E-state index in [2.05, 4.69) is 21.2 Å². The van der Waals surface area contributed by atoms with Crippen molar-refractivity contribution in [3.63, 3.8) is 0 Å². The largest absolute Gasteiger partial charge is 0.495 e. The Kier molecular flexibility index (Phi) is 6.57. The van der Waals surface area contributed by atoms with Crippen LogP contribution in [0.3, 0.4) is 0 Å². The van der Waals surface area contributed by atoms with Crippen molar-refractivity contribution in [1.29, 1.82) is 0 Å². The van der Waals surface area contributed by atoms with E-state index in [0.717, 1.165) is 10.0 Å². The lowest BCUT2D eigenvalue weighted by Crippen LogP contribution is -2.21. The van der Waals surface area contributed by atoms with Crippen molar-refractivity contribution in [2.45, 2.75) is 19.8 Å². The molecular weight excluding hydrogens is 404 g/mol. The fraction of sp³-hybridized carbons (Fsp3) is 0.278. The monoisotopic (exact) mass is 422 g/mol. The van der Waals surface area contributed by atoms with Crippen molar-refractivity contribution in [3.8, 4) is 11.5 Å². The first kappa shape index (κ1) is 19.7. The Hall–Kier alpha value is -2.61. The zero-order valence-electron chi connectivity index (χ0n) is 14.6. The maximum Gasteiger partial charge on any atom is 0.271 e. The van der Waals surface area contributed by atoms with Gasteiger partial charge in [-0.1, -0.05) is 29.8 Å². The van der Waals surface area contributed by atoms with Gasteiger partial charge in [-0.05, 0) is 35.7 Å². The first-order valence-electron chi connectivity index (χ1n) is 7.86. The van der Waals surface area contributed by atoms with Crippen LogP contribution < -0.4 is 14.8 Å². The zero-order chi connectivity index (χ0) is 19.3. The van der Waals surface area contributed by atoms with Gasteiger partial charge in [-0.25, -0.2) is 0 Å². The highest BCUT2D eigenvalue weighted by molar-refractivity contribution is 9.10. The van der Waals surface area contributed by atoms with E-state index in [9.17, 15) is 14.9 Å². The van der Waals surface area contributed by atoms with Gasteiger partial charge in [-0.15, -0.1) is 0 Å². The topological polar surface area (TPSA) is 90.7 Å². The van der Waals surface area contributed by atoms with Gasteiger partial charge in [0.2, 0.25) is 0 Å². The number of methoxy groups -OCH3 is 1. The molecule has 2 rings (SSSR count). The molecule has 26 heavy (non-hydrogen) atoms. The molecule has 0 aliphatic carbocycles. The number of non-ortho nitro benzene ring substituents is 1. The Bertz CT molecular complexity index is 823. The van der Waals surface area contributed by atoms with Crippen LogP contribution in [-0.2, 0) is 4.79 Å². The Morgan fingerprint density at radius 1 is 1.23 bits per heavy atom. The highest BCUT2D eigenvalue weighted by Crippen LogP contribution is 2.30. The summed E-state index contributed by atoms with van der Waals surface area (Å²) in [4.78, 5) is 22.6. The number of nitrogens with one attached hydrogen (secondary N) is 1. The molecule has 1 amide bonds. The van der Waals surface area contributed by atoms with E-state index < -0.39 is 10.8 Å². The average molecular weight is 423 g/mol. The molecular formula is C18H19BrN2O5. The van der Waals surface area contributed by atoms with Gasteiger partial charge in [0, 0.05) is 16.6 Å². The van der Waals surface area contributed by atoms with Crippen molar-refractivity contribution < 1.29 is 19.2 Å². The summed E-state index contributed by atoms with van der Waals surface area (Å²) in [7, 11) is 1.42. The van der Waals surface area contributed by atoms with Crippen LogP contribution in [0.25, 0.3) is 0 Å². The number of amides is 1. The second-order valence-electron chi connectivity index (χ2n) is 5.82. The highest BCUT2D eigenvalue weighted by Gasteiger charge is 2.15. The molecule has 8 heteroatoms. The average Bonchev–Trinajstić information content (AvgIpc) is 2.60. The Morgan fingerprint density at radius 3 is 2.54 bits per heavy atom. The van der Waals surface area contributed by atoms with Crippen molar-refractivity contribution in [3.05, 3.63) is 56.5 Å². The number of nitro groups is 1. The number of hydrogen-bond acceptors (Lipinski definition) is 5. The number of benzene rings is 2. The van der Waals surface area contributed by atoms with E-state index in [1.165, 1.54) is 25.3 Å². The SMILES string of the molecule is COc1ccc([N+](=O)[O-])cc1NC(=O)COc1ccc(Br)cc1C(C)C. The predicted octanol–water partition coefficient (Wildman–Crippen LogP) is 4.51. The van der Waals surface area contributed by atoms with E-state index in [-0.39, 0.29) is 23.9 Å². The summed E-state index contributed by atoms with van der Waals surface area (Å²) >= 11 is 3.42. The number of hydrogen-bond donors (Lipinski definition) is 1. The molecule has 0 heterocycles.